The first-order valence-electron chi connectivity index (χ1n) is 5.35. The lowest BCUT2D eigenvalue weighted by atomic mass is 10.2. The highest BCUT2D eigenvalue weighted by Gasteiger charge is 2.16. The highest BCUT2D eigenvalue weighted by Crippen LogP contribution is 2.29. The van der Waals surface area contributed by atoms with Crippen molar-refractivity contribution in [1.29, 1.82) is 0 Å². The molecule has 0 radical (unpaired) electrons. The van der Waals surface area contributed by atoms with Crippen molar-refractivity contribution in [2.24, 2.45) is 0 Å². The Balaban J connectivity index is 2.27. The van der Waals surface area contributed by atoms with E-state index in [0.717, 1.165) is 0 Å². The smallest absolute Gasteiger partial charge is 0.274 e. The van der Waals surface area contributed by atoms with Crippen molar-refractivity contribution < 1.29 is 14.5 Å². The summed E-state index contributed by atoms with van der Waals surface area (Å²) < 4.78 is 5.71. The van der Waals surface area contributed by atoms with Gasteiger partial charge in [0.25, 0.3) is 11.6 Å². The Morgan fingerprint density at radius 1 is 1.55 bits per heavy atom. The molecule has 20 heavy (non-hydrogen) atoms. The Bertz CT molecular complexity index is 670. The molecule has 2 aromatic rings. The van der Waals surface area contributed by atoms with Crippen LogP contribution in [0.4, 0.5) is 11.4 Å². The summed E-state index contributed by atoms with van der Waals surface area (Å²) in [5.41, 5.74) is 0.537. The normalized spacial score (nSPS) is 10.1. The van der Waals surface area contributed by atoms with Gasteiger partial charge in [0.1, 0.15) is 11.4 Å². The summed E-state index contributed by atoms with van der Waals surface area (Å²) in [6, 6.07) is 3.95. The third-order valence-corrected chi connectivity index (χ3v) is 3.28. The summed E-state index contributed by atoms with van der Waals surface area (Å²) in [7, 11) is 1.37. The predicted octanol–water partition coefficient (Wildman–Crippen LogP) is 2.18. The van der Waals surface area contributed by atoms with Gasteiger partial charge in [-0.15, -0.1) is 0 Å². The summed E-state index contributed by atoms with van der Waals surface area (Å²) >= 11 is 1.97. The highest BCUT2D eigenvalue weighted by atomic mass is 127. The number of nitrogens with one attached hydrogen (secondary N) is 2. The number of benzene rings is 1. The van der Waals surface area contributed by atoms with Crippen LogP contribution in [-0.2, 0) is 0 Å². The number of aromatic amines is 1. The number of anilines is 1. The zero-order chi connectivity index (χ0) is 14.7. The first-order valence-corrected chi connectivity index (χ1v) is 6.43. The fourth-order valence-electron chi connectivity index (χ4n) is 1.51. The SMILES string of the molecule is COc1cc([N+](=O)[O-])ccc1NC(=O)c1[nH]ncc1I. The van der Waals surface area contributed by atoms with Gasteiger partial charge in [-0.1, -0.05) is 0 Å². The van der Waals surface area contributed by atoms with Gasteiger partial charge in [-0.25, -0.2) is 0 Å². The van der Waals surface area contributed by atoms with Crippen LogP contribution in [0.15, 0.2) is 24.4 Å². The van der Waals surface area contributed by atoms with Crippen LogP contribution in [0.5, 0.6) is 5.75 Å². The van der Waals surface area contributed by atoms with Gasteiger partial charge < -0.3 is 10.1 Å². The lowest BCUT2D eigenvalue weighted by molar-refractivity contribution is -0.384. The number of aromatic nitrogens is 2. The molecule has 2 N–H and O–H groups in total. The van der Waals surface area contributed by atoms with Crippen LogP contribution in [0.3, 0.4) is 0 Å². The fourth-order valence-corrected chi connectivity index (χ4v) is 2.02. The van der Waals surface area contributed by atoms with Crippen LogP contribution in [0.1, 0.15) is 10.5 Å². The second-order valence-corrected chi connectivity index (χ2v) is 4.85. The van der Waals surface area contributed by atoms with E-state index in [2.05, 4.69) is 15.5 Å². The zero-order valence-corrected chi connectivity index (χ0v) is 12.4. The average molecular weight is 388 g/mol. The molecule has 104 valence electrons. The highest BCUT2D eigenvalue weighted by molar-refractivity contribution is 14.1. The van der Waals surface area contributed by atoms with E-state index in [9.17, 15) is 14.9 Å². The summed E-state index contributed by atoms with van der Waals surface area (Å²) in [4.78, 5) is 22.2. The number of nitro groups is 1. The average Bonchev–Trinajstić information content (AvgIpc) is 2.85. The number of halogens is 1. The molecule has 0 aliphatic rings. The van der Waals surface area contributed by atoms with Gasteiger partial charge in [0.15, 0.2) is 0 Å². The third kappa shape index (κ3) is 2.87. The number of non-ortho nitro benzene ring substituents is 1. The minimum absolute atomic E-state index is 0.115. The molecule has 1 amide bonds. The van der Waals surface area contributed by atoms with Crippen molar-refractivity contribution in [1.82, 2.24) is 10.2 Å². The number of nitrogens with zero attached hydrogens (tertiary/aromatic N) is 2. The maximum absolute atomic E-state index is 12.0. The second-order valence-electron chi connectivity index (χ2n) is 3.69. The quantitative estimate of drug-likeness (QED) is 0.474. The Morgan fingerprint density at radius 2 is 2.30 bits per heavy atom. The number of H-pyrrole nitrogens is 1. The fraction of sp³-hybridized carbons (Fsp3) is 0.0909. The molecule has 8 nitrogen and oxygen atoms in total. The van der Waals surface area contributed by atoms with Gasteiger partial charge in [-0.2, -0.15) is 5.10 Å². The number of nitro benzene ring substituents is 1. The maximum Gasteiger partial charge on any atom is 0.274 e. The van der Waals surface area contributed by atoms with Gasteiger partial charge in [0.05, 0.1) is 33.6 Å². The zero-order valence-electron chi connectivity index (χ0n) is 10.2. The van der Waals surface area contributed by atoms with Crippen LogP contribution >= 0.6 is 22.6 Å². The van der Waals surface area contributed by atoms with E-state index in [1.165, 1.54) is 31.5 Å². The first-order chi connectivity index (χ1) is 9.52. The summed E-state index contributed by atoms with van der Waals surface area (Å²) in [6.45, 7) is 0. The van der Waals surface area contributed by atoms with Gasteiger partial charge in [0, 0.05) is 6.07 Å². The molecule has 0 aliphatic heterocycles. The van der Waals surface area contributed by atoms with Gasteiger partial charge in [-0.05, 0) is 28.7 Å². The molecule has 1 heterocycles. The number of hydrogen-bond donors (Lipinski definition) is 2. The minimum atomic E-state index is -0.536. The number of ether oxygens (including phenoxy) is 1. The monoisotopic (exact) mass is 388 g/mol. The summed E-state index contributed by atoms with van der Waals surface area (Å²) in [5.74, 6) is -0.193. The molecule has 9 heteroatoms. The number of hydrogen-bond acceptors (Lipinski definition) is 5. The van der Waals surface area contributed by atoms with Crippen molar-refractivity contribution in [3.8, 4) is 5.75 Å². The molecule has 0 bridgehead atoms. The van der Waals surface area contributed by atoms with E-state index >= 15 is 0 Å². The van der Waals surface area contributed by atoms with E-state index in [0.29, 0.717) is 15.0 Å². The standard InChI is InChI=1S/C11H9IN4O4/c1-20-9-4-6(16(18)19)2-3-8(9)14-11(17)10-7(12)5-13-15-10/h2-5H,1H3,(H,13,15)(H,14,17). The molecule has 0 unspecified atom stereocenters. The Hall–Kier alpha value is -2.17. The number of amides is 1. The summed E-state index contributed by atoms with van der Waals surface area (Å²) in [6.07, 6.45) is 1.52. The van der Waals surface area contributed by atoms with Gasteiger partial charge in [0.2, 0.25) is 0 Å². The molecule has 0 saturated heterocycles. The molecular formula is C11H9IN4O4. The molecule has 1 aromatic heterocycles. The van der Waals surface area contributed by atoms with E-state index in [4.69, 9.17) is 4.74 Å². The summed E-state index contributed by atoms with van der Waals surface area (Å²) in [5, 5.41) is 19.6. The largest absolute Gasteiger partial charge is 0.494 e. The van der Waals surface area contributed by atoms with Gasteiger partial charge >= 0.3 is 0 Å². The second kappa shape index (κ2) is 5.86. The van der Waals surface area contributed by atoms with Gasteiger partial charge in [-0.3, -0.25) is 20.0 Å². The molecule has 0 spiro atoms. The Kier molecular flexibility index (Phi) is 4.17. The Labute approximate surface area is 126 Å². The molecule has 0 atom stereocenters. The first kappa shape index (κ1) is 14.2. The third-order valence-electron chi connectivity index (χ3n) is 2.46. The minimum Gasteiger partial charge on any atom is -0.494 e. The molecule has 0 aliphatic carbocycles. The molecule has 0 fully saturated rings. The number of rotatable bonds is 4. The predicted molar refractivity (Wildman–Crippen MR) is 78.9 cm³/mol. The van der Waals surface area contributed by atoms with Crippen molar-refractivity contribution in [2.75, 3.05) is 12.4 Å². The van der Waals surface area contributed by atoms with Crippen molar-refractivity contribution >= 4 is 39.9 Å². The van der Waals surface area contributed by atoms with Crippen LogP contribution in [0.25, 0.3) is 0 Å². The number of carbonyl (C=O) groups is 1. The van der Waals surface area contributed by atoms with Crippen LogP contribution in [-0.4, -0.2) is 28.1 Å². The van der Waals surface area contributed by atoms with Crippen LogP contribution in [0.2, 0.25) is 0 Å². The lowest BCUT2D eigenvalue weighted by Crippen LogP contribution is -2.14. The van der Waals surface area contributed by atoms with Crippen LogP contribution < -0.4 is 10.1 Å². The maximum atomic E-state index is 12.0. The number of methoxy groups -OCH3 is 1. The lowest BCUT2D eigenvalue weighted by Gasteiger charge is -2.09. The molecule has 1 aromatic carbocycles. The topological polar surface area (TPSA) is 110 Å². The van der Waals surface area contributed by atoms with E-state index < -0.39 is 10.8 Å². The van der Waals surface area contributed by atoms with E-state index in [1.807, 2.05) is 22.6 Å². The van der Waals surface area contributed by atoms with Crippen molar-refractivity contribution in [2.45, 2.75) is 0 Å². The molecule has 2 rings (SSSR count). The molecule has 0 saturated carbocycles. The van der Waals surface area contributed by atoms with Crippen LogP contribution in [0, 0.1) is 13.7 Å². The van der Waals surface area contributed by atoms with E-state index in [-0.39, 0.29) is 11.4 Å². The van der Waals surface area contributed by atoms with E-state index in [1.54, 1.807) is 0 Å². The Morgan fingerprint density at radius 3 is 2.85 bits per heavy atom. The molecular weight excluding hydrogens is 379 g/mol. The van der Waals surface area contributed by atoms with Crippen molar-refractivity contribution in [3.63, 3.8) is 0 Å². The van der Waals surface area contributed by atoms with Crippen molar-refractivity contribution in [3.05, 3.63) is 43.8 Å². The number of carbonyl (C=O) groups excluding carboxylic acids is 1.